The molecule has 0 saturated heterocycles. The number of H-pyrrole nitrogens is 2. The maximum atomic E-state index is 11.4. The van der Waals surface area contributed by atoms with Crippen LogP contribution in [0.15, 0.2) is 27.8 Å². The second kappa shape index (κ2) is 6.05. The van der Waals surface area contributed by atoms with Gasteiger partial charge in [-0.1, -0.05) is 26.3 Å². The lowest BCUT2D eigenvalue weighted by Crippen LogP contribution is -2.29. The summed E-state index contributed by atoms with van der Waals surface area (Å²) in [5.74, 6) is 0.623. The van der Waals surface area contributed by atoms with Crippen molar-refractivity contribution in [3.8, 4) is 0 Å². The van der Waals surface area contributed by atoms with E-state index in [-0.39, 0.29) is 6.04 Å². The van der Waals surface area contributed by atoms with Gasteiger partial charge >= 0.3 is 11.1 Å². The Balaban J connectivity index is 2.41. The summed E-state index contributed by atoms with van der Waals surface area (Å²) in [5, 5.41) is 3.31. The number of aromatic amines is 2. The van der Waals surface area contributed by atoms with Gasteiger partial charge in [-0.3, -0.25) is 9.59 Å². The zero-order valence-corrected chi connectivity index (χ0v) is 12.1. The number of fused-ring (bicyclic) bond motifs is 1. The van der Waals surface area contributed by atoms with Crippen molar-refractivity contribution >= 4 is 11.0 Å². The molecular weight excluding hydrogens is 254 g/mol. The molecule has 0 spiro atoms. The van der Waals surface area contributed by atoms with E-state index in [1.807, 2.05) is 25.2 Å². The fourth-order valence-electron chi connectivity index (χ4n) is 2.34. The molecule has 2 aromatic rings. The maximum Gasteiger partial charge on any atom is 0.314 e. The molecule has 0 amide bonds. The molecule has 20 heavy (non-hydrogen) atoms. The van der Waals surface area contributed by atoms with Crippen LogP contribution in [0.25, 0.3) is 11.0 Å². The van der Waals surface area contributed by atoms with E-state index < -0.39 is 11.1 Å². The maximum absolute atomic E-state index is 11.4. The zero-order valence-electron chi connectivity index (χ0n) is 12.1. The van der Waals surface area contributed by atoms with Crippen LogP contribution < -0.4 is 16.4 Å². The molecule has 3 N–H and O–H groups in total. The predicted molar refractivity (Wildman–Crippen MR) is 81.1 cm³/mol. The molecule has 2 unspecified atom stereocenters. The van der Waals surface area contributed by atoms with Crippen molar-refractivity contribution in [2.24, 2.45) is 5.92 Å². The van der Waals surface area contributed by atoms with Gasteiger partial charge in [-0.05, 0) is 37.1 Å². The highest BCUT2D eigenvalue weighted by atomic mass is 16.2. The van der Waals surface area contributed by atoms with Crippen LogP contribution in [-0.2, 0) is 0 Å². The van der Waals surface area contributed by atoms with Gasteiger partial charge in [0.05, 0.1) is 11.0 Å². The normalized spacial score (nSPS) is 14.3. The van der Waals surface area contributed by atoms with Crippen LogP contribution in [0, 0.1) is 5.92 Å². The number of nitrogens with one attached hydrogen (secondary N) is 3. The Morgan fingerprint density at radius 1 is 1.15 bits per heavy atom. The molecule has 0 saturated carbocycles. The van der Waals surface area contributed by atoms with E-state index in [4.69, 9.17) is 0 Å². The molecule has 1 aromatic heterocycles. The van der Waals surface area contributed by atoms with E-state index >= 15 is 0 Å². The minimum absolute atomic E-state index is 0.241. The first-order valence-electron chi connectivity index (χ1n) is 6.98. The molecule has 0 bridgehead atoms. The average molecular weight is 275 g/mol. The van der Waals surface area contributed by atoms with Crippen molar-refractivity contribution < 1.29 is 0 Å². The first-order valence-corrected chi connectivity index (χ1v) is 6.98. The summed E-state index contributed by atoms with van der Waals surface area (Å²) in [6.07, 6.45) is 2.17. The van der Waals surface area contributed by atoms with E-state index in [1.54, 1.807) is 0 Å². The Kier molecular flexibility index (Phi) is 4.39. The molecule has 5 nitrogen and oxygen atoms in total. The van der Waals surface area contributed by atoms with Crippen molar-refractivity contribution in [1.29, 1.82) is 0 Å². The molecule has 0 aliphatic heterocycles. The summed E-state index contributed by atoms with van der Waals surface area (Å²) >= 11 is 0. The Morgan fingerprint density at radius 3 is 2.40 bits per heavy atom. The molecule has 1 aromatic carbocycles. The van der Waals surface area contributed by atoms with E-state index in [2.05, 4.69) is 29.1 Å². The van der Waals surface area contributed by atoms with Crippen LogP contribution >= 0.6 is 0 Å². The summed E-state index contributed by atoms with van der Waals surface area (Å²) in [6, 6.07) is 5.99. The topological polar surface area (TPSA) is 77.8 Å². The molecule has 2 atom stereocenters. The number of rotatable bonds is 5. The molecule has 1 heterocycles. The summed E-state index contributed by atoms with van der Waals surface area (Å²) in [7, 11) is 1.94. The first-order chi connectivity index (χ1) is 9.55. The molecule has 0 fully saturated rings. The van der Waals surface area contributed by atoms with Crippen molar-refractivity contribution in [3.05, 3.63) is 44.5 Å². The Bertz CT molecular complexity index is 702. The average Bonchev–Trinajstić information content (AvgIpc) is 2.45. The fraction of sp³-hybridized carbons (Fsp3) is 0.467. The van der Waals surface area contributed by atoms with Crippen LogP contribution in [0.3, 0.4) is 0 Å². The van der Waals surface area contributed by atoms with Crippen LogP contribution in [-0.4, -0.2) is 17.0 Å². The smallest absolute Gasteiger partial charge is 0.314 e. The first kappa shape index (κ1) is 14.5. The number of benzene rings is 1. The largest absolute Gasteiger partial charge is 0.316 e. The summed E-state index contributed by atoms with van der Waals surface area (Å²) < 4.78 is 0. The van der Waals surface area contributed by atoms with Crippen LogP contribution in [0.5, 0.6) is 0 Å². The quantitative estimate of drug-likeness (QED) is 0.729. The third-order valence-corrected chi connectivity index (χ3v) is 3.83. The van der Waals surface area contributed by atoms with E-state index in [1.165, 1.54) is 0 Å². The van der Waals surface area contributed by atoms with Gasteiger partial charge < -0.3 is 15.3 Å². The van der Waals surface area contributed by atoms with E-state index in [9.17, 15) is 9.59 Å². The number of aromatic nitrogens is 2. The third kappa shape index (κ3) is 2.99. The Hall–Kier alpha value is -1.88. The van der Waals surface area contributed by atoms with Gasteiger partial charge in [-0.25, -0.2) is 0 Å². The molecule has 0 aliphatic rings. The summed E-state index contributed by atoms with van der Waals surface area (Å²) in [5.41, 5.74) is 1.20. The highest BCUT2D eigenvalue weighted by Gasteiger charge is 2.13. The summed E-state index contributed by atoms with van der Waals surface area (Å²) in [6.45, 7) is 4.41. The lowest BCUT2D eigenvalue weighted by Gasteiger charge is -2.20. The zero-order chi connectivity index (χ0) is 14.7. The molecule has 5 heteroatoms. The monoisotopic (exact) mass is 275 g/mol. The van der Waals surface area contributed by atoms with Crippen molar-refractivity contribution in [2.45, 2.75) is 32.7 Å². The van der Waals surface area contributed by atoms with Crippen molar-refractivity contribution in [1.82, 2.24) is 15.3 Å². The SMILES string of the molecule is CCC(C)CC(NC)c1ccc2[nH]c(=O)c(=O)[nH]c2c1. The highest BCUT2D eigenvalue weighted by Crippen LogP contribution is 2.24. The number of hydrogen-bond donors (Lipinski definition) is 3. The van der Waals surface area contributed by atoms with Gasteiger partial charge in [0.1, 0.15) is 0 Å². The second-order valence-corrected chi connectivity index (χ2v) is 5.30. The minimum Gasteiger partial charge on any atom is -0.316 e. The molecular formula is C15H21N3O2. The lowest BCUT2D eigenvalue weighted by atomic mass is 9.94. The standard InChI is InChI=1S/C15H21N3O2/c1-4-9(2)7-12(16-3)10-5-6-11-13(8-10)18-15(20)14(19)17-11/h5-6,8-9,12,16H,4,7H2,1-3H3,(H,17,19)(H,18,20). The van der Waals surface area contributed by atoms with Gasteiger partial charge in [0.25, 0.3) is 0 Å². The molecule has 0 radical (unpaired) electrons. The third-order valence-electron chi connectivity index (χ3n) is 3.83. The highest BCUT2D eigenvalue weighted by molar-refractivity contribution is 5.74. The second-order valence-electron chi connectivity index (χ2n) is 5.30. The van der Waals surface area contributed by atoms with Gasteiger partial charge in [-0.2, -0.15) is 0 Å². The fourth-order valence-corrected chi connectivity index (χ4v) is 2.34. The lowest BCUT2D eigenvalue weighted by molar-refractivity contribution is 0.422. The van der Waals surface area contributed by atoms with Gasteiger partial charge in [0, 0.05) is 6.04 Å². The molecule has 2 rings (SSSR count). The predicted octanol–water partition coefficient (Wildman–Crippen LogP) is 1.91. The summed E-state index contributed by atoms with van der Waals surface area (Å²) in [4.78, 5) is 27.9. The van der Waals surface area contributed by atoms with E-state index in [0.29, 0.717) is 17.0 Å². The number of hydrogen-bond acceptors (Lipinski definition) is 3. The minimum atomic E-state index is -0.616. The van der Waals surface area contributed by atoms with Gasteiger partial charge in [0.15, 0.2) is 0 Å². The van der Waals surface area contributed by atoms with Crippen LogP contribution in [0.2, 0.25) is 0 Å². The van der Waals surface area contributed by atoms with Crippen LogP contribution in [0.1, 0.15) is 38.3 Å². The van der Waals surface area contributed by atoms with E-state index in [0.717, 1.165) is 18.4 Å². The Labute approximate surface area is 117 Å². The van der Waals surface area contributed by atoms with Crippen LogP contribution in [0.4, 0.5) is 0 Å². The molecule has 0 aliphatic carbocycles. The van der Waals surface area contributed by atoms with Crippen molar-refractivity contribution in [2.75, 3.05) is 7.05 Å². The van der Waals surface area contributed by atoms with Gasteiger partial charge in [0.2, 0.25) is 0 Å². The van der Waals surface area contributed by atoms with Gasteiger partial charge in [-0.15, -0.1) is 0 Å². The van der Waals surface area contributed by atoms with Crippen molar-refractivity contribution in [3.63, 3.8) is 0 Å². The Morgan fingerprint density at radius 2 is 1.80 bits per heavy atom. The molecule has 108 valence electrons.